The molecule has 0 fully saturated rings. The molecule has 29 heavy (non-hydrogen) atoms. The quantitative estimate of drug-likeness (QED) is 0.245. The summed E-state index contributed by atoms with van der Waals surface area (Å²) in [6, 6.07) is 8.27. The first-order valence-corrected chi connectivity index (χ1v) is 12.6. The van der Waals surface area contributed by atoms with Crippen LogP contribution in [0.1, 0.15) is 94.6 Å². The Hall–Kier alpha value is -1.29. The van der Waals surface area contributed by atoms with E-state index in [0.29, 0.717) is 25.0 Å². The largest absolute Gasteiger partial charge is 0.481 e. The highest BCUT2D eigenvalue weighted by molar-refractivity contribution is 7.99. The molecule has 0 aliphatic carbocycles. The molecule has 3 nitrogen and oxygen atoms in total. The molecule has 1 N–H and O–H groups in total. The molecule has 0 aromatic heterocycles. The van der Waals surface area contributed by atoms with E-state index in [1.54, 1.807) is 0 Å². The Labute approximate surface area is 182 Å². The van der Waals surface area contributed by atoms with Gasteiger partial charge in [-0.3, -0.25) is 9.59 Å². The fourth-order valence-corrected chi connectivity index (χ4v) is 4.39. The van der Waals surface area contributed by atoms with E-state index >= 15 is 0 Å². The van der Waals surface area contributed by atoms with Crippen LogP contribution < -0.4 is 0 Å². The summed E-state index contributed by atoms with van der Waals surface area (Å²) < 4.78 is 0. The fraction of sp³-hybridized carbons (Fsp3) is 0.680. The summed E-state index contributed by atoms with van der Waals surface area (Å²) in [6.45, 7) is 2.07. The van der Waals surface area contributed by atoms with Crippen LogP contribution in [-0.4, -0.2) is 28.4 Å². The average molecular weight is 421 g/mol. The van der Waals surface area contributed by atoms with Crippen LogP contribution in [-0.2, 0) is 16.0 Å². The van der Waals surface area contributed by atoms with Crippen LogP contribution in [0, 0.1) is 6.92 Å². The lowest BCUT2D eigenvalue weighted by Crippen LogP contribution is -2.02. The number of hydrogen-bond donors (Lipinski definition) is 1. The van der Waals surface area contributed by atoms with Crippen molar-refractivity contribution in [1.82, 2.24) is 0 Å². The number of aliphatic carboxylic acids is 1. The monoisotopic (exact) mass is 420 g/mol. The molecule has 164 valence electrons. The molecule has 1 rings (SSSR count). The van der Waals surface area contributed by atoms with Crippen molar-refractivity contribution in [2.45, 2.75) is 96.8 Å². The van der Waals surface area contributed by atoms with Gasteiger partial charge in [-0.05, 0) is 49.7 Å². The highest BCUT2D eigenvalue weighted by Crippen LogP contribution is 2.14. The van der Waals surface area contributed by atoms with Gasteiger partial charge in [0, 0.05) is 19.3 Å². The Morgan fingerprint density at radius 3 is 1.79 bits per heavy atom. The number of benzene rings is 1. The Morgan fingerprint density at radius 2 is 1.21 bits per heavy atom. The van der Waals surface area contributed by atoms with Gasteiger partial charge >= 0.3 is 5.97 Å². The van der Waals surface area contributed by atoms with Crippen LogP contribution in [0.25, 0.3) is 0 Å². The zero-order valence-electron chi connectivity index (χ0n) is 18.3. The first kappa shape index (κ1) is 25.7. The first-order valence-electron chi connectivity index (χ1n) is 11.4. The molecule has 0 saturated carbocycles. The van der Waals surface area contributed by atoms with E-state index in [2.05, 4.69) is 31.2 Å². The van der Waals surface area contributed by atoms with Crippen molar-refractivity contribution in [3.63, 3.8) is 0 Å². The van der Waals surface area contributed by atoms with Crippen molar-refractivity contribution in [2.24, 2.45) is 0 Å². The minimum Gasteiger partial charge on any atom is -0.481 e. The Morgan fingerprint density at radius 1 is 0.724 bits per heavy atom. The second-order valence-corrected chi connectivity index (χ2v) is 9.32. The van der Waals surface area contributed by atoms with E-state index in [1.165, 1.54) is 62.0 Å². The van der Waals surface area contributed by atoms with Gasteiger partial charge < -0.3 is 5.11 Å². The molecule has 0 radical (unpaired) electrons. The normalized spacial score (nSPS) is 10.9. The van der Waals surface area contributed by atoms with E-state index in [4.69, 9.17) is 5.11 Å². The summed E-state index contributed by atoms with van der Waals surface area (Å²) in [5, 5.41) is 8.58. The lowest BCUT2D eigenvalue weighted by atomic mass is 10.0. The molecule has 0 spiro atoms. The SMILES string of the molecule is Cc1ccc(CC(=O)CCCCSCCCCCCCCCCCC(=O)O)cc1. The standard InChI is InChI=1S/C25H40O3S/c1-22-15-17-23(18-16-22)21-24(26)13-10-12-20-29-19-11-8-6-4-2-3-5-7-9-14-25(27)28/h15-18H,2-14,19-21H2,1H3,(H,27,28). The minimum absolute atomic E-state index is 0.321. The number of aryl methyl sites for hydroxylation is 1. The van der Waals surface area contributed by atoms with Crippen molar-refractivity contribution in [2.75, 3.05) is 11.5 Å². The van der Waals surface area contributed by atoms with Crippen LogP contribution in [0.5, 0.6) is 0 Å². The van der Waals surface area contributed by atoms with E-state index in [1.807, 2.05) is 11.8 Å². The van der Waals surface area contributed by atoms with Gasteiger partial charge in [-0.15, -0.1) is 0 Å². The number of ketones is 1. The number of carboxylic acids is 1. The maximum Gasteiger partial charge on any atom is 0.303 e. The molecule has 1 aromatic rings. The summed E-state index contributed by atoms with van der Waals surface area (Å²) in [7, 11) is 0. The van der Waals surface area contributed by atoms with E-state index in [-0.39, 0.29) is 0 Å². The molecule has 0 heterocycles. The van der Waals surface area contributed by atoms with Gasteiger partial charge in [-0.25, -0.2) is 0 Å². The van der Waals surface area contributed by atoms with Crippen LogP contribution in [0.3, 0.4) is 0 Å². The molecular weight excluding hydrogens is 380 g/mol. The predicted molar refractivity (Wildman–Crippen MR) is 125 cm³/mol. The van der Waals surface area contributed by atoms with E-state index in [0.717, 1.165) is 31.2 Å². The van der Waals surface area contributed by atoms with Crippen molar-refractivity contribution >= 4 is 23.5 Å². The molecule has 0 bridgehead atoms. The third-order valence-corrected chi connectivity index (χ3v) is 6.35. The van der Waals surface area contributed by atoms with Crippen molar-refractivity contribution in [1.29, 1.82) is 0 Å². The first-order chi connectivity index (χ1) is 14.1. The summed E-state index contributed by atoms with van der Waals surface area (Å²) in [4.78, 5) is 22.4. The van der Waals surface area contributed by atoms with E-state index in [9.17, 15) is 9.59 Å². The second kappa shape index (κ2) is 17.6. The van der Waals surface area contributed by atoms with Crippen LogP contribution in [0.2, 0.25) is 0 Å². The number of Topliss-reactive ketones (excluding diaryl/α,β-unsaturated/α-hetero) is 1. The smallest absolute Gasteiger partial charge is 0.303 e. The average Bonchev–Trinajstić information content (AvgIpc) is 2.69. The Balaban J connectivity index is 1.79. The molecule has 0 atom stereocenters. The predicted octanol–water partition coefficient (Wildman–Crippen LogP) is 7.00. The number of carbonyl (C=O) groups excluding carboxylic acids is 1. The molecule has 0 unspecified atom stereocenters. The van der Waals surface area contributed by atoms with Crippen molar-refractivity contribution < 1.29 is 14.7 Å². The Kier molecular flexibility index (Phi) is 15.6. The molecule has 1 aromatic carbocycles. The summed E-state index contributed by atoms with van der Waals surface area (Å²) in [6.07, 6.45) is 14.6. The van der Waals surface area contributed by atoms with Gasteiger partial charge in [0.2, 0.25) is 0 Å². The highest BCUT2D eigenvalue weighted by atomic mass is 32.2. The lowest BCUT2D eigenvalue weighted by Gasteiger charge is -2.04. The summed E-state index contributed by atoms with van der Waals surface area (Å²) in [5.41, 5.74) is 2.37. The number of hydrogen-bond acceptors (Lipinski definition) is 3. The third kappa shape index (κ3) is 16.2. The maximum atomic E-state index is 12.0. The zero-order valence-corrected chi connectivity index (χ0v) is 19.1. The molecule has 0 amide bonds. The lowest BCUT2D eigenvalue weighted by molar-refractivity contribution is -0.137. The molecule has 0 aliphatic heterocycles. The third-order valence-electron chi connectivity index (χ3n) is 5.20. The van der Waals surface area contributed by atoms with Gasteiger partial charge in [-0.2, -0.15) is 11.8 Å². The van der Waals surface area contributed by atoms with Gasteiger partial charge in [-0.1, -0.05) is 74.8 Å². The zero-order chi connectivity index (χ0) is 21.2. The highest BCUT2D eigenvalue weighted by Gasteiger charge is 2.03. The van der Waals surface area contributed by atoms with Gasteiger partial charge in [0.25, 0.3) is 0 Å². The van der Waals surface area contributed by atoms with Crippen molar-refractivity contribution in [3.8, 4) is 0 Å². The number of thioether (sulfide) groups is 1. The second-order valence-electron chi connectivity index (χ2n) is 8.10. The number of unbranched alkanes of at least 4 members (excludes halogenated alkanes) is 9. The summed E-state index contributed by atoms with van der Waals surface area (Å²) in [5.74, 6) is 2.11. The number of carboxylic acid groups (broad SMARTS) is 1. The fourth-order valence-electron chi connectivity index (χ4n) is 3.37. The van der Waals surface area contributed by atoms with Crippen LogP contribution >= 0.6 is 11.8 Å². The number of carbonyl (C=O) groups is 2. The molecular formula is C25H40O3S. The van der Waals surface area contributed by atoms with Gasteiger partial charge in [0.05, 0.1) is 0 Å². The Bertz CT molecular complexity index is 554. The topological polar surface area (TPSA) is 54.4 Å². The number of rotatable bonds is 19. The van der Waals surface area contributed by atoms with Crippen LogP contribution in [0.15, 0.2) is 24.3 Å². The molecule has 4 heteroatoms. The minimum atomic E-state index is -0.672. The van der Waals surface area contributed by atoms with E-state index < -0.39 is 5.97 Å². The van der Waals surface area contributed by atoms with Crippen LogP contribution in [0.4, 0.5) is 0 Å². The van der Waals surface area contributed by atoms with Gasteiger partial charge in [0.1, 0.15) is 5.78 Å². The molecule has 0 saturated heterocycles. The molecule has 0 aliphatic rings. The maximum absolute atomic E-state index is 12.0. The summed E-state index contributed by atoms with van der Waals surface area (Å²) >= 11 is 2.03. The van der Waals surface area contributed by atoms with Gasteiger partial charge in [0.15, 0.2) is 0 Å². The van der Waals surface area contributed by atoms with Crippen molar-refractivity contribution in [3.05, 3.63) is 35.4 Å².